The van der Waals surface area contributed by atoms with Crippen molar-refractivity contribution in [2.24, 2.45) is 5.41 Å². The Bertz CT molecular complexity index is 784. The molecular formula is C19H26F3N5O2. The van der Waals surface area contributed by atoms with Crippen LogP contribution >= 0.6 is 0 Å². The fourth-order valence-corrected chi connectivity index (χ4v) is 4.98. The van der Waals surface area contributed by atoms with Gasteiger partial charge in [-0.2, -0.15) is 18.2 Å². The third-order valence-corrected chi connectivity index (χ3v) is 6.65. The zero-order valence-corrected chi connectivity index (χ0v) is 16.5. The summed E-state index contributed by atoms with van der Waals surface area (Å²) >= 11 is 0. The number of alkyl halides is 3. The Morgan fingerprint density at radius 3 is 2.48 bits per heavy atom. The Kier molecular flexibility index (Phi) is 5.08. The third-order valence-electron chi connectivity index (χ3n) is 6.65. The monoisotopic (exact) mass is 413 g/mol. The molecule has 1 N–H and O–H groups in total. The van der Waals surface area contributed by atoms with Crippen LogP contribution in [0.4, 0.5) is 24.9 Å². The Morgan fingerprint density at radius 1 is 1.10 bits per heavy atom. The molecule has 4 rings (SSSR count). The number of carboxylic acids is 1. The van der Waals surface area contributed by atoms with Crippen LogP contribution in [0.25, 0.3) is 0 Å². The average molecular weight is 413 g/mol. The molecule has 1 aromatic rings. The summed E-state index contributed by atoms with van der Waals surface area (Å²) in [5.74, 6) is -0.475. The number of hydrogen-bond acceptors (Lipinski definition) is 6. The summed E-state index contributed by atoms with van der Waals surface area (Å²) in [4.78, 5) is 25.9. The first kappa shape index (κ1) is 20.2. The van der Waals surface area contributed by atoms with Crippen LogP contribution in [0.2, 0.25) is 0 Å². The van der Waals surface area contributed by atoms with Gasteiger partial charge in [-0.15, -0.1) is 0 Å². The Morgan fingerprint density at radius 2 is 1.83 bits per heavy atom. The number of carboxylic acid groups (broad SMARTS) is 1. The van der Waals surface area contributed by atoms with E-state index in [1.54, 1.807) is 9.80 Å². The molecule has 3 saturated heterocycles. The molecule has 0 aromatic carbocycles. The number of anilines is 2. The van der Waals surface area contributed by atoms with Gasteiger partial charge in [0.25, 0.3) is 0 Å². The summed E-state index contributed by atoms with van der Waals surface area (Å²) in [5.41, 5.74) is -1.79. The highest BCUT2D eigenvalue weighted by Gasteiger charge is 2.52. The lowest BCUT2D eigenvalue weighted by molar-refractivity contribution is -0.158. The first-order valence-electron chi connectivity index (χ1n) is 10.1. The molecule has 2 atom stereocenters. The minimum Gasteiger partial charge on any atom is -0.481 e. The van der Waals surface area contributed by atoms with E-state index in [4.69, 9.17) is 0 Å². The third kappa shape index (κ3) is 3.62. The smallest absolute Gasteiger partial charge is 0.433 e. The fraction of sp³-hybridized carbons (Fsp3) is 0.737. The Balaban J connectivity index is 1.67. The van der Waals surface area contributed by atoms with E-state index in [1.807, 2.05) is 11.9 Å². The molecule has 1 aromatic heterocycles. The number of likely N-dealkylation sites (tertiary alicyclic amines) is 1. The van der Waals surface area contributed by atoms with Gasteiger partial charge in [0.2, 0.25) is 5.95 Å². The number of aromatic nitrogens is 2. The molecule has 29 heavy (non-hydrogen) atoms. The van der Waals surface area contributed by atoms with E-state index >= 15 is 0 Å². The molecule has 3 aliphatic heterocycles. The molecule has 0 radical (unpaired) electrons. The minimum atomic E-state index is -4.56. The van der Waals surface area contributed by atoms with Crippen molar-refractivity contribution in [1.29, 1.82) is 0 Å². The predicted octanol–water partition coefficient (Wildman–Crippen LogP) is 2.47. The fourth-order valence-electron chi connectivity index (χ4n) is 4.98. The van der Waals surface area contributed by atoms with Gasteiger partial charge in [0, 0.05) is 38.3 Å². The van der Waals surface area contributed by atoms with Crippen LogP contribution in [-0.2, 0) is 11.0 Å². The number of halogens is 3. The molecule has 4 heterocycles. The number of carbonyl (C=O) groups is 1. The lowest BCUT2D eigenvalue weighted by atomic mass is 9.68. The molecule has 160 valence electrons. The maximum Gasteiger partial charge on any atom is 0.433 e. The van der Waals surface area contributed by atoms with Crippen LogP contribution in [0.5, 0.6) is 0 Å². The van der Waals surface area contributed by atoms with Crippen LogP contribution in [-0.4, -0.2) is 71.8 Å². The van der Waals surface area contributed by atoms with Gasteiger partial charge in [-0.05, 0) is 45.7 Å². The van der Waals surface area contributed by atoms with Crippen molar-refractivity contribution in [3.05, 3.63) is 11.8 Å². The normalized spacial score (nSPS) is 28.5. The maximum atomic E-state index is 13.5. The number of rotatable bonds is 3. The summed E-state index contributed by atoms with van der Waals surface area (Å²) < 4.78 is 40.5. The summed E-state index contributed by atoms with van der Waals surface area (Å²) in [7, 11) is 1.89. The minimum absolute atomic E-state index is 0.111. The first-order valence-corrected chi connectivity index (χ1v) is 10.1. The van der Waals surface area contributed by atoms with Gasteiger partial charge in [0.05, 0.1) is 5.41 Å². The van der Waals surface area contributed by atoms with Crippen LogP contribution in [0.3, 0.4) is 0 Å². The van der Waals surface area contributed by atoms with Crippen LogP contribution in [0.1, 0.15) is 37.8 Å². The van der Waals surface area contributed by atoms with Crippen molar-refractivity contribution >= 4 is 17.7 Å². The number of aliphatic carboxylic acids is 1. The van der Waals surface area contributed by atoms with Gasteiger partial charge in [-0.25, -0.2) is 4.98 Å². The van der Waals surface area contributed by atoms with Crippen molar-refractivity contribution in [3.8, 4) is 0 Å². The second kappa shape index (κ2) is 7.30. The molecular weight excluding hydrogens is 387 g/mol. The van der Waals surface area contributed by atoms with E-state index in [0.29, 0.717) is 39.0 Å². The quantitative estimate of drug-likeness (QED) is 0.816. The summed E-state index contributed by atoms with van der Waals surface area (Å²) in [6.45, 7) is 2.79. The van der Waals surface area contributed by atoms with Crippen LogP contribution in [0.15, 0.2) is 6.07 Å². The summed E-state index contributed by atoms with van der Waals surface area (Å²) in [6, 6.07) is 0.734. The zero-order chi connectivity index (χ0) is 20.8. The van der Waals surface area contributed by atoms with E-state index in [9.17, 15) is 23.1 Å². The van der Waals surface area contributed by atoms with Gasteiger partial charge in [-0.3, -0.25) is 4.79 Å². The summed E-state index contributed by atoms with van der Waals surface area (Å²) in [5, 5.41) is 9.91. The van der Waals surface area contributed by atoms with E-state index in [2.05, 4.69) is 9.97 Å². The molecule has 0 unspecified atom stereocenters. The predicted molar refractivity (Wildman–Crippen MR) is 101 cm³/mol. The molecule has 0 saturated carbocycles. The van der Waals surface area contributed by atoms with Crippen molar-refractivity contribution < 1.29 is 23.1 Å². The van der Waals surface area contributed by atoms with Crippen molar-refractivity contribution in [2.75, 3.05) is 49.6 Å². The molecule has 0 spiro atoms. The second-order valence-corrected chi connectivity index (χ2v) is 8.36. The molecule has 0 bridgehead atoms. The highest BCUT2D eigenvalue weighted by molar-refractivity contribution is 5.76. The Labute approximate surface area is 167 Å². The van der Waals surface area contributed by atoms with E-state index in [-0.39, 0.29) is 17.8 Å². The lowest BCUT2D eigenvalue weighted by Gasteiger charge is -2.52. The van der Waals surface area contributed by atoms with Gasteiger partial charge in [-0.1, -0.05) is 0 Å². The molecule has 3 fully saturated rings. The van der Waals surface area contributed by atoms with Gasteiger partial charge in [0.15, 0.2) is 5.69 Å². The molecule has 3 aliphatic rings. The van der Waals surface area contributed by atoms with Crippen LogP contribution in [0, 0.1) is 5.41 Å². The largest absolute Gasteiger partial charge is 0.481 e. The van der Waals surface area contributed by atoms with Gasteiger partial charge < -0.3 is 19.8 Å². The Hall–Kier alpha value is -2.10. The molecule has 7 nitrogen and oxygen atoms in total. The number of piperidine rings is 2. The molecule has 0 aliphatic carbocycles. The standard InChI is InChI=1S/C19H26F3N5O2/c1-25-7-4-5-18(16(28)29)6-10-27(12-14(18)25)15-11-13(19(20,21)22)23-17(24-15)26-8-2-3-9-26/h11,14H,2-10,12H2,1H3,(H,28,29)/t14-,18+/m1/s1. The number of nitrogens with zero attached hydrogens (tertiary/aromatic N) is 5. The average Bonchev–Trinajstić information content (AvgIpc) is 3.22. The van der Waals surface area contributed by atoms with E-state index in [1.165, 1.54) is 0 Å². The van der Waals surface area contributed by atoms with Crippen molar-refractivity contribution in [1.82, 2.24) is 14.9 Å². The zero-order valence-electron chi connectivity index (χ0n) is 16.5. The molecule has 10 heteroatoms. The SMILES string of the molecule is CN1CCC[C@]2(C(=O)O)CCN(c3cc(C(F)(F)F)nc(N4CCCC4)n3)C[C@@H]12. The summed E-state index contributed by atoms with van der Waals surface area (Å²) in [6.07, 6.45) is -0.943. The highest BCUT2D eigenvalue weighted by Crippen LogP contribution is 2.43. The maximum absolute atomic E-state index is 13.5. The van der Waals surface area contributed by atoms with Gasteiger partial charge >= 0.3 is 12.1 Å². The highest BCUT2D eigenvalue weighted by atomic mass is 19.4. The van der Waals surface area contributed by atoms with Crippen LogP contribution < -0.4 is 9.80 Å². The van der Waals surface area contributed by atoms with Gasteiger partial charge in [0.1, 0.15) is 5.82 Å². The van der Waals surface area contributed by atoms with E-state index in [0.717, 1.165) is 31.9 Å². The molecule has 0 amide bonds. The number of fused-ring (bicyclic) bond motifs is 1. The number of hydrogen-bond donors (Lipinski definition) is 1. The topological polar surface area (TPSA) is 72.8 Å². The second-order valence-electron chi connectivity index (χ2n) is 8.36. The first-order chi connectivity index (χ1) is 13.7. The van der Waals surface area contributed by atoms with E-state index < -0.39 is 23.3 Å². The van der Waals surface area contributed by atoms with Crippen molar-refractivity contribution in [3.63, 3.8) is 0 Å². The lowest BCUT2D eigenvalue weighted by Crippen LogP contribution is -2.63. The number of likely N-dealkylation sites (N-methyl/N-ethyl adjacent to an activating group) is 1. The van der Waals surface area contributed by atoms with Crippen molar-refractivity contribution in [2.45, 2.75) is 44.3 Å².